The van der Waals surface area contributed by atoms with E-state index in [0.717, 1.165) is 26.2 Å². The first-order valence-electron chi connectivity index (χ1n) is 8.18. The Labute approximate surface area is 119 Å². The molecule has 0 aromatic heterocycles. The number of hydrogen-bond acceptors (Lipinski definition) is 3. The molecule has 0 aliphatic carbocycles. The second-order valence-electron chi connectivity index (χ2n) is 5.75. The molecule has 0 atom stereocenters. The van der Waals surface area contributed by atoms with Crippen molar-refractivity contribution in [3.05, 3.63) is 0 Å². The molecular weight excluding hydrogens is 234 g/mol. The van der Waals surface area contributed by atoms with E-state index in [1.54, 1.807) is 0 Å². The van der Waals surface area contributed by atoms with E-state index >= 15 is 0 Å². The predicted molar refractivity (Wildman–Crippen MR) is 81.1 cm³/mol. The van der Waals surface area contributed by atoms with Crippen LogP contribution in [-0.4, -0.2) is 49.1 Å². The molecule has 1 heterocycles. The molecule has 0 amide bonds. The fourth-order valence-corrected chi connectivity index (χ4v) is 2.74. The lowest BCUT2D eigenvalue weighted by Gasteiger charge is -2.33. The zero-order chi connectivity index (χ0) is 13.8. The second-order valence-corrected chi connectivity index (χ2v) is 5.75. The van der Waals surface area contributed by atoms with Crippen molar-refractivity contribution in [3.8, 4) is 6.07 Å². The van der Waals surface area contributed by atoms with E-state index in [1.807, 2.05) is 0 Å². The number of rotatable bonds is 10. The maximum absolute atomic E-state index is 8.66. The lowest BCUT2D eigenvalue weighted by atomic mass is 10.1. The number of piperazine rings is 1. The van der Waals surface area contributed by atoms with E-state index in [2.05, 4.69) is 22.8 Å². The molecule has 0 aromatic rings. The monoisotopic (exact) mass is 265 g/mol. The SMILES string of the molecule is CCCCCCCCCCN1CCN(CC#N)CC1. The lowest BCUT2D eigenvalue weighted by molar-refractivity contribution is 0.142. The van der Waals surface area contributed by atoms with Gasteiger partial charge in [-0.05, 0) is 13.0 Å². The summed E-state index contributed by atoms with van der Waals surface area (Å²) in [4.78, 5) is 4.81. The quantitative estimate of drug-likeness (QED) is 0.448. The van der Waals surface area contributed by atoms with Gasteiger partial charge in [-0.3, -0.25) is 4.90 Å². The highest BCUT2D eigenvalue weighted by Crippen LogP contribution is 2.09. The molecule has 0 radical (unpaired) electrons. The molecule has 0 N–H and O–H groups in total. The van der Waals surface area contributed by atoms with Crippen molar-refractivity contribution in [3.63, 3.8) is 0 Å². The predicted octanol–water partition coefficient (Wildman–Crippen LogP) is 3.27. The molecule has 1 saturated heterocycles. The van der Waals surface area contributed by atoms with Crippen molar-refractivity contribution < 1.29 is 0 Å². The van der Waals surface area contributed by atoms with Crippen LogP contribution < -0.4 is 0 Å². The first kappa shape index (κ1) is 16.5. The van der Waals surface area contributed by atoms with Crippen molar-refractivity contribution in [1.29, 1.82) is 5.26 Å². The highest BCUT2D eigenvalue weighted by atomic mass is 15.3. The van der Waals surface area contributed by atoms with Gasteiger partial charge in [-0.15, -0.1) is 0 Å². The topological polar surface area (TPSA) is 30.3 Å². The summed E-state index contributed by atoms with van der Waals surface area (Å²) in [6.45, 7) is 8.59. The van der Waals surface area contributed by atoms with Crippen LogP contribution in [-0.2, 0) is 0 Å². The minimum Gasteiger partial charge on any atom is -0.301 e. The Balaban J connectivity index is 1.87. The van der Waals surface area contributed by atoms with E-state index in [9.17, 15) is 0 Å². The van der Waals surface area contributed by atoms with E-state index < -0.39 is 0 Å². The Kier molecular flexibility index (Phi) is 9.75. The minimum absolute atomic E-state index is 0.603. The first-order chi connectivity index (χ1) is 9.36. The number of hydrogen-bond donors (Lipinski definition) is 0. The largest absolute Gasteiger partial charge is 0.301 e. The van der Waals surface area contributed by atoms with Gasteiger partial charge in [0.2, 0.25) is 0 Å². The van der Waals surface area contributed by atoms with Crippen LogP contribution >= 0.6 is 0 Å². The Hall–Kier alpha value is -0.590. The van der Waals surface area contributed by atoms with Crippen molar-refractivity contribution in [2.75, 3.05) is 39.3 Å². The van der Waals surface area contributed by atoms with Crippen LogP contribution in [0.3, 0.4) is 0 Å². The van der Waals surface area contributed by atoms with Gasteiger partial charge in [0.15, 0.2) is 0 Å². The van der Waals surface area contributed by atoms with Gasteiger partial charge in [0.05, 0.1) is 12.6 Å². The second kappa shape index (κ2) is 11.3. The van der Waals surface area contributed by atoms with Gasteiger partial charge in [-0.1, -0.05) is 51.9 Å². The van der Waals surface area contributed by atoms with Crippen LogP contribution in [0.1, 0.15) is 58.3 Å². The van der Waals surface area contributed by atoms with E-state index in [1.165, 1.54) is 57.9 Å². The summed E-state index contributed by atoms with van der Waals surface area (Å²) >= 11 is 0. The van der Waals surface area contributed by atoms with E-state index in [0.29, 0.717) is 6.54 Å². The third-order valence-corrected chi connectivity index (χ3v) is 4.09. The van der Waals surface area contributed by atoms with Crippen LogP contribution in [0.4, 0.5) is 0 Å². The summed E-state index contributed by atoms with van der Waals surface area (Å²) < 4.78 is 0. The van der Waals surface area contributed by atoms with Gasteiger partial charge < -0.3 is 4.90 Å². The summed E-state index contributed by atoms with van der Waals surface area (Å²) in [5, 5.41) is 8.66. The molecule has 3 nitrogen and oxygen atoms in total. The highest BCUT2D eigenvalue weighted by molar-refractivity contribution is 4.80. The average Bonchev–Trinajstić information content (AvgIpc) is 2.44. The molecule has 0 spiro atoms. The summed E-state index contributed by atoms with van der Waals surface area (Å²) in [5.74, 6) is 0. The van der Waals surface area contributed by atoms with Crippen LogP contribution in [0, 0.1) is 11.3 Å². The summed E-state index contributed by atoms with van der Waals surface area (Å²) in [5.41, 5.74) is 0. The smallest absolute Gasteiger partial charge is 0.0866 e. The number of nitrogens with zero attached hydrogens (tertiary/aromatic N) is 3. The zero-order valence-electron chi connectivity index (χ0n) is 12.7. The maximum atomic E-state index is 8.66. The van der Waals surface area contributed by atoms with Gasteiger partial charge in [-0.2, -0.15) is 5.26 Å². The van der Waals surface area contributed by atoms with E-state index in [-0.39, 0.29) is 0 Å². The molecule has 0 bridgehead atoms. The van der Waals surface area contributed by atoms with Gasteiger partial charge in [-0.25, -0.2) is 0 Å². The molecule has 19 heavy (non-hydrogen) atoms. The third kappa shape index (κ3) is 8.23. The summed E-state index contributed by atoms with van der Waals surface area (Å²) in [7, 11) is 0. The fourth-order valence-electron chi connectivity index (χ4n) is 2.74. The molecule has 3 heteroatoms. The molecule has 0 unspecified atom stereocenters. The van der Waals surface area contributed by atoms with Crippen molar-refractivity contribution in [2.45, 2.75) is 58.3 Å². The standard InChI is InChI=1S/C16H31N3/c1-2-3-4-5-6-7-8-9-11-18-13-15-19(12-10-17)16-14-18/h2-9,11-16H2,1H3. The third-order valence-electron chi connectivity index (χ3n) is 4.09. The van der Waals surface area contributed by atoms with Crippen LogP contribution in [0.2, 0.25) is 0 Å². The van der Waals surface area contributed by atoms with Crippen LogP contribution in [0.25, 0.3) is 0 Å². The Morgan fingerprint density at radius 2 is 1.32 bits per heavy atom. The van der Waals surface area contributed by atoms with Crippen molar-refractivity contribution in [1.82, 2.24) is 9.80 Å². The number of unbranched alkanes of at least 4 members (excludes halogenated alkanes) is 7. The number of nitriles is 1. The molecule has 1 fully saturated rings. The van der Waals surface area contributed by atoms with Gasteiger partial charge in [0.1, 0.15) is 0 Å². The van der Waals surface area contributed by atoms with Gasteiger partial charge in [0, 0.05) is 26.2 Å². The van der Waals surface area contributed by atoms with Crippen molar-refractivity contribution >= 4 is 0 Å². The Morgan fingerprint density at radius 1 is 0.789 bits per heavy atom. The fraction of sp³-hybridized carbons (Fsp3) is 0.938. The highest BCUT2D eigenvalue weighted by Gasteiger charge is 2.15. The maximum Gasteiger partial charge on any atom is 0.0866 e. The molecule has 110 valence electrons. The zero-order valence-corrected chi connectivity index (χ0v) is 12.7. The van der Waals surface area contributed by atoms with E-state index in [4.69, 9.17) is 5.26 Å². The molecule has 0 saturated carbocycles. The molecule has 1 aliphatic heterocycles. The van der Waals surface area contributed by atoms with Crippen LogP contribution in [0.5, 0.6) is 0 Å². The average molecular weight is 265 g/mol. The van der Waals surface area contributed by atoms with Gasteiger partial charge >= 0.3 is 0 Å². The molecule has 0 aromatic carbocycles. The normalized spacial score (nSPS) is 17.5. The minimum atomic E-state index is 0.603. The lowest BCUT2D eigenvalue weighted by Crippen LogP contribution is -2.46. The Morgan fingerprint density at radius 3 is 1.89 bits per heavy atom. The summed E-state index contributed by atoms with van der Waals surface area (Å²) in [6.07, 6.45) is 11.2. The molecular formula is C16H31N3. The Bertz CT molecular complexity index is 239. The van der Waals surface area contributed by atoms with Crippen molar-refractivity contribution in [2.24, 2.45) is 0 Å². The van der Waals surface area contributed by atoms with Crippen LogP contribution in [0.15, 0.2) is 0 Å². The molecule has 1 aliphatic rings. The molecule has 1 rings (SSSR count). The first-order valence-corrected chi connectivity index (χ1v) is 8.18. The summed E-state index contributed by atoms with van der Waals surface area (Å²) in [6, 6.07) is 2.24. The van der Waals surface area contributed by atoms with Gasteiger partial charge in [0.25, 0.3) is 0 Å².